The molecule has 3 aromatic carbocycles. The molecule has 0 unspecified atom stereocenters. The van der Waals surface area contributed by atoms with Crippen LogP contribution in [0.2, 0.25) is 15.1 Å². The van der Waals surface area contributed by atoms with Crippen LogP contribution in [-0.2, 0) is 14.8 Å². The summed E-state index contributed by atoms with van der Waals surface area (Å²) in [5.74, 6) is -0.394. The summed E-state index contributed by atoms with van der Waals surface area (Å²) in [5, 5.41) is 4.05. The number of amides is 1. The molecule has 0 saturated carbocycles. The molecule has 0 atom stereocenters. The van der Waals surface area contributed by atoms with Gasteiger partial charge in [0, 0.05) is 26.8 Å². The van der Waals surface area contributed by atoms with E-state index in [1.165, 1.54) is 30.3 Å². The van der Waals surface area contributed by atoms with Crippen molar-refractivity contribution in [3.8, 4) is 0 Å². The lowest BCUT2D eigenvalue weighted by Crippen LogP contribution is -2.14. The van der Waals surface area contributed by atoms with Crippen LogP contribution in [0.3, 0.4) is 0 Å². The summed E-state index contributed by atoms with van der Waals surface area (Å²) >= 11 is 18.0. The van der Waals surface area contributed by atoms with E-state index in [-0.39, 0.29) is 4.90 Å². The highest BCUT2D eigenvalue weighted by atomic mass is 35.5. The molecule has 0 heterocycles. The molecule has 0 fully saturated rings. The summed E-state index contributed by atoms with van der Waals surface area (Å²) in [5.41, 5.74) is 2.11. The Hall–Kier alpha value is -2.51. The third kappa shape index (κ3) is 6.02. The Bertz CT molecular complexity index is 1260. The molecular weight excluding hydrogens is 479 g/mol. The van der Waals surface area contributed by atoms with Crippen LogP contribution in [-0.4, -0.2) is 14.3 Å². The lowest BCUT2D eigenvalue weighted by Gasteiger charge is -2.12. The summed E-state index contributed by atoms with van der Waals surface area (Å²) in [7, 11) is -3.81. The van der Waals surface area contributed by atoms with Crippen molar-refractivity contribution in [1.82, 2.24) is 0 Å². The first-order valence-corrected chi connectivity index (χ1v) is 11.6. The average Bonchev–Trinajstić information content (AvgIpc) is 2.71. The molecular formula is C22H17Cl3N2O3S. The molecule has 0 radical (unpaired) electrons. The van der Waals surface area contributed by atoms with Gasteiger partial charge in [-0.3, -0.25) is 9.52 Å². The SMILES string of the molecule is Cc1c(Cl)cccc1NS(=O)(=O)c1ccc(NC(=O)/C=C/c2ccc(Cl)cc2Cl)cc1. The van der Waals surface area contributed by atoms with Gasteiger partial charge in [-0.2, -0.15) is 0 Å². The van der Waals surface area contributed by atoms with Gasteiger partial charge < -0.3 is 5.32 Å². The number of carbonyl (C=O) groups excluding carboxylic acids is 1. The van der Waals surface area contributed by atoms with Crippen LogP contribution in [0.1, 0.15) is 11.1 Å². The van der Waals surface area contributed by atoms with E-state index in [1.54, 1.807) is 49.4 Å². The van der Waals surface area contributed by atoms with E-state index < -0.39 is 15.9 Å². The van der Waals surface area contributed by atoms with Gasteiger partial charge in [-0.25, -0.2) is 8.42 Å². The number of sulfonamides is 1. The molecule has 31 heavy (non-hydrogen) atoms. The second-order valence-electron chi connectivity index (χ2n) is 6.53. The fraction of sp³-hybridized carbons (Fsp3) is 0.0455. The number of carbonyl (C=O) groups is 1. The summed E-state index contributed by atoms with van der Waals surface area (Å²) in [4.78, 5) is 12.2. The van der Waals surface area contributed by atoms with Crippen LogP contribution in [0.25, 0.3) is 6.08 Å². The third-order valence-corrected chi connectivity index (χ3v) is 6.67. The molecule has 0 bridgehead atoms. The van der Waals surface area contributed by atoms with Crippen LogP contribution < -0.4 is 10.0 Å². The van der Waals surface area contributed by atoms with Gasteiger partial charge in [-0.15, -0.1) is 0 Å². The Morgan fingerprint density at radius 2 is 1.65 bits per heavy atom. The minimum Gasteiger partial charge on any atom is -0.323 e. The van der Waals surface area contributed by atoms with Gasteiger partial charge >= 0.3 is 0 Å². The molecule has 3 aromatic rings. The maximum atomic E-state index is 12.6. The zero-order chi connectivity index (χ0) is 22.6. The first-order chi connectivity index (χ1) is 14.7. The van der Waals surface area contributed by atoms with Crippen molar-refractivity contribution in [2.75, 3.05) is 10.0 Å². The lowest BCUT2D eigenvalue weighted by atomic mass is 10.2. The smallest absolute Gasteiger partial charge is 0.261 e. The maximum Gasteiger partial charge on any atom is 0.261 e. The molecule has 2 N–H and O–H groups in total. The van der Waals surface area contributed by atoms with Crippen molar-refractivity contribution in [2.24, 2.45) is 0 Å². The fourth-order valence-electron chi connectivity index (χ4n) is 2.63. The highest BCUT2D eigenvalue weighted by Crippen LogP contribution is 2.26. The Balaban J connectivity index is 1.68. The van der Waals surface area contributed by atoms with Crippen LogP contribution in [0.5, 0.6) is 0 Å². The standard InChI is InChI=1S/C22H17Cl3N2O3S/c1-14-19(24)3-2-4-21(14)27-31(29,30)18-10-8-17(9-11-18)26-22(28)12-6-15-5-7-16(23)13-20(15)25/h2-13,27H,1H3,(H,26,28)/b12-6+. The van der Waals surface area contributed by atoms with E-state index in [0.717, 1.165) is 0 Å². The first kappa shape index (κ1) is 23.2. The highest BCUT2D eigenvalue weighted by molar-refractivity contribution is 7.92. The summed E-state index contributed by atoms with van der Waals surface area (Å²) in [6.45, 7) is 1.73. The molecule has 1 amide bonds. The van der Waals surface area contributed by atoms with Crippen molar-refractivity contribution >= 4 is 68.2 Å². The number of benzene rings is 3. The van der Waals surface area contributed by atoms with Gasteiger partial charge in [-0.05, 0) is 72.7 Å². The van der Waals surface area contributed by atoms with Gasteiger partial charge in [0.1, 0.15) is 0 Å². The van der Waals surface area contributed by atoms with Crippen molar-refractivity contribution in [3.63, 3.8) is 0 Å². The van der Waals surface area contributed by atoms with Crippen LogP contribution in [0.15, 0.2) is 71.6 Å². The molecule has 0 aliphatic heterocycles. The molecule has 0 saturated heterocycles. The van der Waals surface area contributed by atoms with Crippen LogP contribution in [0, 0.1) is 6.92 Å². The summed E-state index contributed by atoms with van der Waals surface area (Å²) in [6, 6.07) is 15.7. The minimum absolute atomic E-state index is 0.0494. The zero-order valence-corrected chi connectivity index (χ0v) is 19.3. The van der Waals surface area contributed by atoms with E-state index in [9.17, 15) is 13.2 Å². The second-order valence-corrected chi connectivity index (χ2v) is 9.46. The highest BCUT2D eigenvalue weighted by Gasteiger charge is 2.16. The normalized spacial score (nSPS) is 11.5. The van der Waals surface area contributed by atoms with E-state index >= 15 is 0 Å². The van der Waals surface area contributed by atoms with Crippen molar-refractivity contribution in [3.05, 3.63) is 92.9 Å². The van der Waals surface area contributed by atoms with Crippen LogP contribution in [0.4, 0.5) is 11.4 Å². The number of hydrogen-bond donors (Lipinski definition) is 2. The first-order valence-electron chi connectivity index (χ1n) is 8.98. The number of hydrogen-bond acceptors (Lipinski definition) is 3. The average molecular weight is 496 g/mol. The Morgan fingerprint density at radius 3 is 2.32 bits per heavy atom. The molecule has 0 aliphatic carbocycles. The Labute approximate surface area is 195 Å². The largest absolute Gasteiger partial charge is 0.323 e. The van der Waals surface area contributed by atoms with Crippen molar-refractivity contribution in [2.45, 2.75) is 11.8 Å². The zero-order valence-electron chi connectivity index (χ0n) is 16.2. The predicted molar refractivity (Wildman–Crippen MR) is 128 cm³/mol. The molecule has 0 spiro atoms. The Kier molecular flexibility index (Phi) is 7.28. The molecule has 0 aliphatic rings. The fourth-order valence-corrected chi connectivity index (χ4v) is 4.39. The number of rotatable bonds is 6. The topological polar surface area (TPSA) is 75.3 Å². The second kappa shape index (κ2) is 9.75. The van der Waals surface area contributed by atoms with E-state index in [2.05, 4.69) is 10.0 Å². The quantitative estimate of drug-likeness (QED) is 0.388. The number of nitrogens with one attached hydrogen (secondary N) is 2. The monoisotopic (exact) mass is 494 g/mol. The molecule has 5 nitrogen and oxygen atoms in total. The van der Waals surface area contributed by atoms with Gasteiger partial charge in [0.15, 0.2) is 0 Å². The van der Waals surface area contributed by atoms with Crippen LogP contribution >= 0.6 is 34.8 Å². The van der Waals surface area contributed by atoms with E-state index in [4.69, 9.17) is 34.8 Å². The molecule has 160 valence electrons. The van der Waals surface area contributed by atoms with Crippen molar-refractivity contribution in [1.29, 1.82) is 0 Å². The van der Waals surface area contributed by atoms with Gasteiger partial charge in [0.25, 0.3) is 10.0 Å². The van der Waals surface area contributed by atoms with Gasteiger partial charge in [-0.1, -0.05) is 46.9 Å². The summed E-state index contributed by atoms with van der Waals surface area (Å²) in [6.07, 6.45) is 2.88. The van der Waals surface area contributed by atoms with E-state index in [0.29, 0.717) is 37.6 Å². The minimum atomic E-state index is -3.81. The predicted octanol–water partition coefficient (Wildman–Crippen LogP) is 6.41. The van der Waals surface area contributed by atoms with E-state index in [1.807, 2.05) is 0 Å². The van der Waals surface area contributed by atoms with Crippen molar-refractivity contribution < 1.29 is 13.2 Å². The number of halogens is 3. The lowest BCUT2D eigenvalue weighted by molar-refractivity contribution is -0.111. The molecule has 0 aromatic heterocycles. The number of anilines is 2. The van der Waals surface area contributed by atoms with Gasteiger partial charge in [0.2, 0.25) is 5.91 Å². The maximum absolute atomic E-state index is 12.6. The third-order valence-electron chi connectivity index (χ3n) is 4.32. The molecule has 9 heteroatoms. The Morgan fingerprint density at radius 1 is 0.935 bits per heavy atom. The molecule has 3 rings (SSSR count). The van der Waals surface area contributed by atoms with Gasteiger partial charge in [0.05, 0.1) is 10.6 Å². The summed E-state index contributed by atoms with van der Waals surface area (Å²) < 4.78 is 27.8.